The van der Waals surface area contributed by atoms with Gasteiger partial charge in [0.15, 0.2) is 0 Å². The monoisotopic (exact) mass is 242 g/mol. The van der Waals surface area contributed by atoms with Crippen molar-refractivity contribution in [3.8, 4) is 0 Å². The summed E-state index contributed by atoms with van der Waals surface area (Å²) < 4.78 is 11.4. The fourth-order valence-electron chi connectivity index (χ4n) is 2.07. The first-order valence-electron chi connectivity index (χ1n) is 6.74. The van der Waals surface area contributed by atoms with Crippen LogP contribution in [0.2, 0.25) is 0 Å². The van der Waals surface area contributed by atoms with Crippen molar-refractivity contribution >= 4 is 0 Å². The number of methoxy groups -OCH3 is 1. The summed E-state index contributed by atoms with van der Waals surface area (Å²) in [5, 5.41) is 0. The van der Waals surface area contributed by atoms with E-state index in [1.54, 1.807) is 7.11 Å². The number of rotatable bonds is 10. The Labute approximate surface area is 107 Å². The lowest BCUT2D eigenvalue weighted by atomic mass is 9.96. The maximum Gasteiger partial charge on any atom is 0.0648 e. The molecule has 0 aromatic rings. The van der Waals surface area contributed by atoms with Crippen molar-refractivity contribution in [3.05, 3.63) is 12.7 Å². The third kappa shape index (κ3) is 9.37. The van der Waals surface area contributed by atoms with E-state index < -0.39 is 0 Å². The number of ether oxygens (including phenoxy) is 2. The van der Waals surface area contributed by atoms with Crippen molar-refractivity contribution in [2.45, 2.75) is 59.2 Å². The molecule has 0 saturated carbocycles. The average molecular weight is 242 g/mol. The van der Waals surface area contributed by atoms with E-state index in [1.807, 2.05) is 6.08 Å². The van der Waals surface area contributed by atoms with Crippen LogP contribution in [0.25, 0.3) is 0 Å². The lowest BCUT2D eigenvalue weighted by molar-refractivity contribution is -0.00605. The zero-order valence-electron chi connectivity index (χ0n) is 12.2. The van der Waals surface area contributed by atoms with Crippen LogP contribution in [0.3, 0.4) is 0 Å². The quantitative estimate of drug-likeness (QED) is 0.538. The van der Waals surface area contributed by atoms with E-state index >= 15 is 0 Å². The molecule has 0 rings (SSSR count). The Morgan fingerprint density at radius 1 is 0.941 bits per heavy atom. The molecule has 0 amide bonds. The van der Waals surface area contributed by atoms with Gasteiger partial charge >= 0.3 is 0 Å². The molecule has 2 nitrogen and oxygen atoms in total. The Hall–Kier alpha value is -0.340. The molecule has 0 bridgehead atoms. The molecule has 0 radical (unpaired) electrons. The summed E-state index contributed by atoms with van der Waals surface area (Å²) in [7, 11) is 1.80. The molecule has 2 unspecified atom stereocenters. The van der Waals surface area contributed by atoms with Gasteiger partial charge in [-0.2, -0.15) is 0 Å². The number of hydrogen-bond donors (Lipinski definition) is 0. The van der Waals surface area contributed by atoms with E-state index in [0.717, 1.165) is 19.3 Å². The molecule has 0 fully saturated rings. The largest absolute Gasteiger partial charge is 0.381 e. The van der Waals surface area contributed by atoms with Gasteiger partial charge < -0.3 is 9.47 Å². The average Bonchev–Trinajstić information content (AvgIpc) is 2.23. The maximum atomic E-state index is 5.82. The third-order valence-corrected chi connectivity index (χ3v) is 2.78. The van der Waals surface area contributed by atoms with E-state index in [1.165, 1.54) is 0 Å². The van der Waals surface area contributed by atoms with Crippen LogP contribution in [-0.2, 0) is 9.47 Å². The van der Waals surface area contributed by atoms with E-state index in [2.05, 4.69) is 34.3 Å². The molecule has 102 valence electrons. The highest BCUT2D eigenvalue weighted by atomic mass is 16.5. The Bertz CT molecular complexity index is 187. The SMILES string of the molecule is C=CCOC(CC(C)C)CC(CC(C)C)OC. The summed E-state index contributed by atoms with van der Waals surface area (Å²) in [5.41, 5.74) is 0. The topological polar surface area (TPSA) is 18.5 Å². The lowest BCUT2D eigenvalue weighted by Crippen LogP contribution is -2.25. The highest BCUT2D eigenvalue weighted by Gasteiger charge is 2.18. The minimum absolute atomic E-state index is 0.289. The van der Waals surface area contributed by atoms with Crippen LogP contribution in [0, 0.1) is 11.8 Å². The molecule has 17 heavy (non-hydrogen) atoms. The van der Waals surface area contributed by atoms with Crippen molar-refractivity contribution in [2.75, 3.05) is 13.7 Å². The van der Waals surface area contributed by atoms with Gasteiger partial charge in [0.25, 0.3) is 0 Å². The molecule has 0 aliphatic heterocycles. The first-order chi connectivity index (χ1) is 7.99. The minimum atomic E-state index is 0.289. The first kappa shape index (κ1) is 16.7. The molecule has 0 saturated heterocycles. The molecular formula is C15H30O2. The fraction of sp³-hybridized carbons (Fsp3) is 0.867. The summed E-state index contributed by atoms with van der Waals surface area (Å²) >= 11 is 0. The molecule has 0 aromatic heterocycles. The Balaban J connectivity index is 4.20. The second-order valence-corrected chi connectivity index (χ2v) is 5.60. The molecule has 0 heterocycles. The fourth-order valence-corrected chi connectivity index (χ4v) is 2.07. The van der Waals surface area contributed by atoms with Gasteiger partial charge in [0.2, 0.25) is 0 Å². The predicted molar refractivity (Wildman–Crippen MR) is 74.3 cm³/mol. The summed E-state index contributed by atoms with van der Waals surface area (Å²) in [6.45, 7) is 13.3. The maximum absolute atomic E-state index is 5.82. The van der Waals surface area contributed by atoms with Gasteiger partial charge in [0.1, 0.15) is 0 Å². The molecule has 0 aliphatic carbocycles. The van der Waals surface area contributed by atoms with E-state index in [9.17, 15) is 0 Å². The summed E-state index contributed by atoms with van der Waals surface area (Å²) in [4.78, 5) is 0. The van der Waals surface area contributed by atoms with Gasteiger partial charge in [-0.25, -0.2) is 0 Å². The Morgan fingerprint density at radius 2 is 1.47 bits per heavy atom. The smallest absolute Gasteiger partial charge is 0.0648 e. The van der Waals surface area contributed by atoms with Crippen molar-refractivity contribution in [1.82, 2.24) is 0 Å². The zero-order valence-corrected chi connectivity index (χ0v) is 12.2. The third-order valence-electron chi connectivity index (χ3n) is 2.78. The van der Waals surface area contributed by atoms with Crippen molar-refractivity contribution in [2.24, 2.45) is 11.8 Å². The molecular weight excluding hydrogens is 212 g/mol. The molecule has 2 atom stereocenters. The van der Waals surface area contributed by atoms with Gasteiger partial charge in [-0.3, -0.25) is 0 Å². The highest BCUT2D eigenvalue weighted by molar-refractivity contribution is 4.72. The van der Waals surface area contributed by atoms with Gasteiger partial charge in [-0.15, -0.1) is 6.58 Å². The highest BCUT2D eigenvalue weighted by Crippen LogP contribution is 2.19. The van der Waals surface area contributed by atoms with Crippen LogP contribution < -0.4 is 0 Å². The van der Waals surface area contributed by atoms with Crippen molar-refractivity contribution < 1.29 is 9.47 Å². The van der Waals surface area contributed by atoms with Gasteiger partial charge in [-0.1, -0.05) is 33.8 Å². The molecule has 0 aromatic carbocycles. The Kier molecular flexibility index (Phi) is 9.47. The second-order valence-electron chi connectivity index (χ2n) is 5.60. The van der Waals surface area contributed by atoms with E-state index in [0.29, 0.717) is 24.5 Å². The van der Waals surface area contributed by atoms with Crippen LogP contribution in [0.5, 0.6) is 0 Å². The summed E-state index contributed by atoms with van der Waals surface area (Å²) in [5.74, 6) is 1.32. The van der Waals surface area contributed by atoms with E-state index in [4.69, 9.17) is 9.47 Å². The summed E-state index contributed by atoms with van der Waals surface area (Å²) in [6, 6.07) is 0. The van der Waals surface area contributed by atoms with Crippen LogP contribution in [-0.4, -0.2) is 25.9 Å². The van der Waals surface area contributed by atoms with Gasteiger partial charge in [0.05, 0.1) is 18.8 Å². The zero-order chi connectivity index (χ0) is 13.3. The molecule has 0 N–H and O–H groups in total. The van der Waals surface area contributed by atoms with Crippen LogP contribution in [0.4, 0.5) is 0 Å². The Morgan fingerprint density at radius 3 is 1.88 bits per heavy atom. The second kappa shape index (κ2) is 9.67. The van der Waals surface area contributed by atoms with Crippen LogP contribution in [0.15, 0.2) is 12.7 Å². The lowest BCUT2D eigenvalue weighted by Gasteiger charge is -2.25. The standard InChI is InChI=1S/C15H30O2/c1-7-8-17-15(10-13(4)5)11-14(16-6)9-12(2)3/h7,12-15H,1,8-11H2,2-6H3. The molecule has 2 heteroatoms. The van der Waals surface area contributed by atoms with Gasteiger partial charge in [-0.05, 0) is 31.1 Å². The van der Waals surface area contributed by atoms with E-state index in [-0.39, 0.29) is 6.10 Å². The van der Waals surface area contributed by atoms with Crippen LogP contribution in [0.1, 0.15) is 47.0 Å². The normalized spacial score (nSPS) is 15.2. The predicted octanol–water partition coefficient (Wildman–Crippen LogP) is 4.05. The van der Waals surface area contributed by atoms with Gasteiger partial charge in [0, 0.05) is 7.11 Å². The number of hydrogen-bond acceptors (Lipinski definition) is 2. The molecule has 0 spiro atoms. The molecule has 0 aliphatic rings. The first-order valence-corrected chi connectivity index (χ1v) is 6.74. The van der Waals surface area contributed by atoms with Crippen molar-refractivity contribution in [1.29, 1.82) is 0 Å². The minimum Gasteiger partial charge on any atom is -0.381 e. The summed E-state index contributed by atoms with van der Waals surface area (Å²) in [6.07, 6.45) is 5.59. The van der Waals surface area contributed by atoms with Crippen molar-refractivity contribution in [3.63, 3.8) is 0 Å². The van der Waals surface area contributed by atoms with Crippen LogP contribution >= 0.6 is 0 Å².